The fourth-order valence-electron chi connectivity index (χ4n) is 1.89. The maximum Gasteiger partial charge on any atom is 0.121 e. The van der Waals surface area contributed by atoms with Crippen LogP contribution >= 0.6 is 11.3 Å². The van der Waals surface area contributed by atoms with E-state index in [1.165, 1.54) is 10.4 Å². The molecule has 0 unspecified atom stereocenters. The molecule has 0 atom stereocenters. The molecule has 1 aromatic carbocycles. The molecule has 0 saturated heterocycles. The number of thiophene rings is 1. The Morgan fingerprint density at radius 3 is 2.47 bits per heavy atom. The Balaban J connectivity index is 1.95. The molecule has 0 aliphatic carbocycles. The minimum absolute atomic E-state index is 0.409. The lowest BCUT2D eigenvalue weighted by molar-refractivity contribution is 0.466. The van der Waals surface area contributed by atoms with Crippen LogP contribution in [0.3, 0.4) is 0 Å². The molecule has 0 saturated carbocycles. The molecule has 90 valence electrons. The Hall–Kier alpha value is -1.32. The molecule has 1 aromatic heterocycles. The fraction of sp³-hybridized carbons (Fsp3) is 0.286. The monoisotopic (exact) mass is 247 g/mol. The van der Waals surface area contributed by atoms with E-state index in [2.05, 4.69) is 22.8 Å². The molecule has 0 bridgehead atoms. The second kappa shape index (κ2) is 5.34. The van der Waals surface area contributed by atoms with Crippen LogP contribution < -0.4 is 5.32 Å². The summed E-state index contributed by atoms with van der Waals surface area (Å²) < 4.78 is 0. The maximum absolute atomic E-state index is 9.69. The average Bonchev–Trinajstić information content (AvgIpc) is 2.79. The lowest BCUT2D eigenvalue weighted by Gasteiger charge is -2.08. The largest absolute Gasteiger partial charge is 0.507 e. The van der Waals surface area contributed by atoms with E-state index >= 15 is 0 Å². The third kappa shape index (κ3) is 3.08. The van der Waals surface area contributed by atoms with Crippen molar-refractivity contribution in [2.45, 2.75) is 26.9 Å². The minimum atomic E-state index is 0.409. The normalized spacial score (nSPS) is 10.7. The van der Waals surface area contributed by atoms with Crippen molar-refractivity contribution in [3.63, 3.8) is 0 Å². The Kier molecular flexibility index (Phi) is 3.82. The number of benzene rings is 1. The van der Waals surface area contributed by atoms with Gasteiger partial charge in [0.2, 0.25) is 0 Å². The van der Waals surface area contributed by atoms with Gasteiger partial charge in [-0.2, -0.15) is 0 Å². The van der Waals surface area contributed by atoms with Gasteiger partial charge in [-0.25, -0.2) is 0 Å². The third-order valence-electron chi connectivity index (χ3n) is 2.76. The van der Waals surface area contributed by atoms with Gasteiger partial charge in [0.25, 0.3) is 0 Å². The molecule has 17 heavy (non-hydrogen) atoms. The lowest BCUT2D eigenvalue weighted by atomic mass is 10.1. The second-order valence-electron chi connectivity index (χ2n) is 4.26. The topological polar surface area (TPSA) is 32.3 Å². The van der Waals surface area contributed by atoms with Crippen molar-refractivity contribution >= 4 is 11.3 Å². The zero-order chi connectivity index (χ0) is 12.3. The summed E-state index contributed by atoms with van der Waals surface area (Å²) in [4.78, 5) is 1.34. The van der Waals surface area contributed by atoms with E-state index in [1.54, 1.807) is 11.3 Å². The summed E-state index contributed by atoms with van der Waals surface area (Å²) >= 11 is 1.76. The first kappa shape index (κ1) is 12.1. The standard InChI is InChI=1S/C14H17NOS/c1-10-6-12(7-11(2)14(10)16)8-15-9-13-4-3-5-17-13/h3-7,15-16H,8-9H2,1-2H3. The van der Waals surface area contributed by atoms with E-state index in [9.17, 15) is 5.11 Å². The van der Waals surface area contributed by atoms with Crippen LogP contribution in [-0.2, 0) is 13.1 Å². The van der Waals surface area contributed by atoms with Crippen LogP contribution in [0.1, 0.15) is 21.6 Å². The molecular formula is C14H17NOS. The second-order valence-corrected chi connectivity index (χ2v) is 5.29. The maximum atomic E-state index is 9.69. The highest BCUT2D eigenvalue weighted by Gasteiger charge is 2.03. The van der Waals surface area contributed by atoms with Gasteiger partial charge in [0, 0.05) is 18.0 Å². The average molecular weight is 247 g/mol. The van der Waals surface area contributed by atoms with Crippen molar-refractivity contribution in [1.29, 1.82) is 0 Å². The summed E-state index contributed by atoms with van der Waals surface area (Å²) in [7, 11) is 0. The van der Waals surface area contributed by atoms with Crippen LogP contribution in [0.15, 0.2) is 29.6 Å². The van der Waals surface area contributed by atoms with Gasteiger partial charge in [-0.05, 0) is 42.0 Å². The van der Waals surface area contributed by atoms with Crippen LogP contribution in [0.5, 0.6) is 5.75 Å². The van der Waals surface area contributed by atoms with Crippen molar-refractivity contribution in [1.82, 2.24) is 5.32 Å². The van der Waals surface area contributed by atoms with E-state index in [0.29, 0.717) is 5.75 Å². The molecule has 2 nitrogen and oxygen atoms in total. The molecule has 0 radical (unpaired) electrons. The molecule has 2 N–H and O–H groups in total. The number of nitrogens with one attached hydrogen (secondary N) is 1. The van der Waals surface area contributed by atoms with Gasteiger partial charge in [-0.15, -0.1) is 11.3 Å². The van der Waals surface area contributed by atoms with Crippen LogP contribution in [0.2, 0.25) is 0 Å². The fourth-order valence-corrected chi connectivity index (χ4v) is 2.57. The van der Waals surface area contributed by atoms with Crippen molar-refractivity contribution in [2.75, 3.05) is 0 Å². The highest BCUT2D eigenvalue weighted by Crippen LogP contribution is 2.22. The molecule has 0 aliphatic rings. The summed E-state index contributed by atoms with van der Waals surface area (Å²) in [6.45, 7) is 5.60. The van der Waals surface area contributed by atoms with Gasteiger partial charge in [0.05, 0.1) is 0 Å². The summed E-state index contributed by atoms with van der Waals surface area (Å²) in [6.07, 6.45) is 0. The molecular weight excluding hydrogens is 230 g/mol. The van der Waals surface area contributed by atoms with Crippen LogP contribution in [0, 0.1) is 13.8 Å². The number of aromatic hydroxyl groups is 1. The molecule has 3 heteroatoms. The Morgan fingerprint density at radius 1 is 1.18 bits per heavy atom. The summed E-state index contributed by atoms with van der Waals surface area (Å²) in [6, 6.07) is 8.26. The van der Waals surface area contributed by atoms with Crippen molar-refractivity contribution in [3.8, 4) is 5.75 Å². The Labute approximate surface area is 106 Å². The van der Waals surface area contributed by atoms with E-state index in [0.717, 1.165) is 24.2 Å². The number of hydrogen-bond donors (Lipinski definition) is 2. The van der Waals surface area contributed by atoms with Gasteiger partial charge in [0.15, 0.2) is 0 Å². The van der Waals surface area contributed by atoms with Gasteiger partial charge in [-0.1, -0.05) is 18.2 Å². The summed E-state index contributed by atoms with van der Waals surface area (Å²) in [5, 5.41) is 15.2. The van der Waals surface area contributed by atoms with E-state index < -0.39 is 0 Å². The van der Waals surface area contributed by atoms with Crippen LogP contribution in [0.25, 0.3) is 0 Å². The van der Waals surface area contributed by atoms with Gasteiger partial charge < -0.3 is 10.4 Å². The van der Waals surface area contributed by atoms with Crippen molar-refractivity contribution in [2.24, 2.45) is 0 Å². The first-order valence-corrected chi connectivity index (χ1v) is 6.57. The Morgan fingerprint density at radius 2 is 1.88 bits per heavy atom. The first-order chi connectivity index (χ1) is 8.16. The summed E-state index contributed by atoms with van der Waals surface area (Å²) in [5.74, 6) is 0.409. The molecule has 2 rings (SSSR count). The van der Waals surface area contributed by atoms with E-state index in [1.807, 2.05) is 26.0 Å². The number of aryl methyl sites for hydroxylation is 2. The quantitative estimate of drug-likeness (QED) is 0.868. The van der Waals surface area contributed by atoms with Gasteiger partial charge in [-0.3, -0.25) is 0 Å². The highest BCUT2D eigenvalue weighted by molar-refractivity contribution is 7.09. The van der Waals surface area contributed by atoms with Crippen molar-refractivity contribution < 1.29 is 5.11 Å². The van der Waals surface area contributed by atoms with Gasteiger partial charge in [0.1, 0.15) is 5.75 Å². The van der Waals surface area contributed by atoms with Crippen molar-refractivity contribution in [3.05, 3.63) is 51.2 Å². The SMILES string of the molecule is Cc1cc(CNCc2cccs2)cc(C)c1O. The minimum Gasteiger partial charge on any atom is -0.507 e. The molecule has 1 heterocycles. The predicted octanol–water partition coefficient (Wildman–Crippen LogP) is 3.36. The summed E-state index contributed by atoms with van der Waals surface area (Å²) in [5.41, 5.74) is 3.10. The van der Waals surface area contributed by atoms with Crippen LogP contribution in [0.4, 0.5) is 0 Å². The Bertz CT molecular complexity index is 468. The van der Waals surface area contributed by atoms with E-state index in [-0.39, 0.29) is 0 Å². The molecule has 0 fully saturated rings. The highest BCUT2D eigenvalue weighted by atomic mass is 32.1. The predicted molar refractivity (Wildman–Crippen MR) is 72.4 cm³/mol. The van der Waals surface area contributed by atoms with E-state index in [4.69, 9.17) is 0 Å². The molecule has 0 aliphatic heterocycles. The molecule has 0 amide bonds. The lowest BCUT2D eigenvalue weighted by Crippen LogP contribution is -2.11. The first-order valence-electron chi connectivity index (χ1n) is 5.69. The smallest absolute Gasteiger partial charge is 0.121 e. The zero-order valence-corrected chi connectivity index (χ0v) is 11.0. The molecule has 0 spiro atoms. The number of phenols is 1. The number of hydrogen-bond acceptors (Lipinski definition) is 3. The van der Waals surface area contributed by atoms with Crippen LogP contribution in [-0.4, -0.2) is 5.11 Å². The third-order valence-corrected chi connectivity index (χ3v) is 3.64. The van der Waals surface area contributed by atoms with Gasteiger partial charge >= 0.3 is 0 Å². The number of phenolic OH excluding ortho intramolecular Hbond substituents is 1. The molecule has 2 aromatic rings. The number of rotatable bonds is 4. The zero-order valence-electron chi connectivity index (χ0n) is 10.2.